The van der Waals surface area contributed by atoms with Gasteiger partial charge in [0, 0.05) is 45.9 Å². The Morgan fingerprint density at radius 3 is 1.48 bits per heavy atom. The van der Waals surface area contributed by atoms with Crippen molar-refractivity contribution in [3.05, 3.63) is 118 Å². The Kier molecular flexibility index (Phi) is 6.11. The van der Waals surface area contributed by atoms with E-state index >= 15 is 0 Å². The lowest BCUT2D eigenvalue weighted by molar-refractivity contribution is -0.00217. The Bertz CT molecular complexity index is 1150. The topological polar surface area (TPSA) is 72.8 Å². The molecule has 0 N–H and O–H groups in total. The fourth-order valence-electron chi connectivity index (χ4n) is 4.04. The van der Waals surface area contributed by atoms with E-state index in [4.69, 9.17) is 11.1 Å². The van der Waals surface area contributed by atoms with Crippen molar-refractivity contribution in [2.75, 3.05) is 0 Å². The molecule has 0 spiro atoms. The molecule has 5 heteroatoms. The molecule has 0 amide bonds. The van der Waals surface area contributed by atoms with Gasteiger partial charge in [-0.2, -0.15) is 9.58 Å². The molecule has 0 heterocycles. The van der Waals surface area contributed by atoms with Crippen LogP contribution >= 0.6 is 11.8 Å². The average Bonchev–Trinajstić information content (AvgIpc) is 2.80. The van der Waals surface area contributed by atoms with E-state index in [1.807, 2.05) is 24.3 Å². The van der Waals surface area contributed by atoms with Gasteiger partial charge in [-0.15, -0.1) is 0 Å². The molecule has 4 nitrogen and oxygen atoms in total. The van der Waals surface area contributed by atoms with Crippen LogP contribution < -0.4 is 0 Å². The minimum atomic E-state index is 0.140. The molecule has 0 aromatic heterocycles. The fourth-order valence-corrected chi connectivity index (χ4v) is 5.19. The smallest absolute Gasteiger partial charge is 0.315 e. The molecule has 2 aromatic carbocycles. The maximum atomic E-state index is 9.08. The van der Waals surface area contributed by atoms with Crippen LogP contribution in [0.1, 0.15) is 36.8 Å². The molecule has 2 atom stereocenters. The zero-order chi connectivity index (χ0) is 21.8. The van der Waals surface area contributed by atoms with Crippen LogP contribution in [0, 0.1) is 0 Å². The highest BCUT2D eigenvalue weighted by molar-refractivity contribution is 7.99. The predicted octanol–water partition coefficient (Wildman–Crippen LogP) is 6.38. The molecule has 0 saturated heterocycles. The normalized spacial score (nSPS) is 20.1. The maximum Gasteiger partial charge on any atom is 0.315 e. The van der Waals surface area contributed by atoms with E-state index in [-0.39, 0.29) is 11.8 Å². The zero-order valence-electron chi connectivity index (χ0n) is 17.4. The van der Waals surface area contributed by atoms with E-state index in [1.54, 1.807) is 11.8 Å². The molecule has 2 unspecified atom stereocenters. The summed E-state index contributed by atoms with van der Waals surface area (Å²) in [7, 11) is 0. The minimum Gasteiger partial charge on any atom is -0.361 e. The quantitative estimate of drug-likeness (QED) is 0.416. The van der Waals surface area contributed by atoms with Crippen LogP contribution in [0.4, 0.5) is 0 Å². The van der Waals surface area contributed by atoms with Gasteiger partial charge in [-0.1, -0.05) is 71.5 Å². The number of rotatable bonds is 4. The van der Waals surface area contributed by atoms with E-state index < -0.39 is 0 Å². The Morgan fingerprint density at radius 1 is 0.677 bits per heavy atom. The number of allylic oxidation sites excluding steroid dienone is 8. The minimum absolute atomic E-state index is 0.140. The Hall–Kier alpha value is -3.49. The predicted molar refractivity (Wildman–Crippen MR) is 126 cm³/mol. The van der Waals surface area contributed by atoms with Gasteiger partial charge < -0.3 is 11.1 Å². The third-order valence-corrected chi connectivity index (χ3v) is 6.79. The van der Waals surface area contributed by atoms with Crippen LogP contribution in [0.25, 0.3) is 11.1 Å². The molecule has 0 saturated carbocycles. The summed E-state index contributed by atoms with van der Waals surface area (Å²) in [4.78, 5) is 9.01. The lowest BCUT2D eigenvalue weighted by Crippen LogP contribution is -2.08. The van der Waals surface area contributed by atoms with Crippen molar-refractivity contribution in [2.45, 2.75) is 35.5 Å². The second kappa shape index (κ2) is 9.11. The van der Waals surface area contributed by atoms with Crippen molar-refractivity contribution in [3.8, 4) is 0 Å². The number of benzene rings is 2. The van der Waals surface area contributed by atoms with Crippen molar-refractivity contribution < 1.29 is 9.58 Å². The SMILES string of the molecule is CC1=CC(=[N+]=[N-])C=CC1c1ccccc1Sc1ccccc1C1C=CC(=[N+]=[N-])C=C1C. The standard InChI is InChI=1S/C26H22N4S/c1-17-15-19(29-27)11-13-21(17)23-7-3-5-9-25(23)31-26-10-6-4-8-24(26)22-14-12-20(30-28)16-18(22)2/h3-16,21-22H,1-2H3. The Balaban J connectivity index is 1.70. The van der Waals surface area contributed by atoms with Crippen molar-refractivity contribution in [1.82, 2.24) is 0 Å². The molecule has 31 heavy (non-hydrogen) atoms. The van der Waals surface area contributed by atoms with E-state index in [1.165, 1.54) is 20.9 Å². The van der Waals surface area contributed by atoms with Gasteiger partial charge in [0.1, 0.15) is 0 Å². The van der Waals surface area contributed by atoms with Gasteiger partial charge in [0.05, 0.1) is 0 Å². The summed E-state index contributed by atoms with van der Waals surface area (Å²) in [5.41, 5.74) is 24.0. The van der Waals surface area contributed by atoms with Gasteiger partial charge in [0.25, 0.3) is 0 Å². The largest absolute Gasteiger partial charge is 0.361 e. The van der Waals surface area contributed by atoms with Crippen molar-refractivity contribution in [2.24, 2.45) is 0 Å². The summed E-state index contributed by atoms with van der Waals surface area (Å²) in [6, 6.07) is 16.9. The summed E-state index contributed by atoms with van der Waals surface area (Å²) in [6.45, 7) is 4.13. The third-order valence-electron chi connectivity index (χ3n) is 5.61. The fraction of sp³-hybridized carbons (Fsp3) is 0.154. The van der Waals surface area contributed by atoms with E-state index in [0.29, 0.717) is 11.4 Å². The summed E-state index contributed by atoms with van der Waals surface area (Å²) >= 11 is 1.76. The number of hydrogen-bond donors (Lipinski definition) is 0. The van der Waals surface area contributed by atoms with Crippen LogP contribution in [0.2, 0.25) is 0 Å². The van der Waals surface area contributed by atoms with Crippen LogP contribution in [-0.4, -0.2) is 21.0 Å². The molecule has 152 valence electrons. The molecular weight excluding hydrogens is 400 g/mol. The van der Waals surface area contributed by atoms with Crippen LogP contribution in [0.3, 0.4) is 0 Å². The van der Waals surface area contributed by atoms with Gasteiger partial charge in [0.2, 0.25) is 0 Å². The Morgan fingerprint density at radius 2 is 1.10 bits per heavy atom. The van der Waals surface area contributed by atoms with Crippen LogP contribution in [0.5, 0.6) is 0 Å². The number of hydrogen-bond acceptors (Lipinski definition) is 1. The van der Waals surface area contributed by atoms with Gasteiger partial charge in [-0.05, 0) is 37.1 Å². The second-order valence-corrected chi connectivity index (χ2v) is 8.76. The lowest BCUT2D eigenvalue weighted by atomic mass is 9.87. The summed E-state index contributed by atoms with van der Waals surface area (Å²) in [5, 5.41) is 0. The highest BCUT2D eigenvalue weighted by Gasteiger charge is 2.23. The van der Waals surface area contributed by atoms with Gasteiger partial charge in [-0.3, -0.25) is 0 Å². The molecule has 2 aliphatic rings. The molecule has 2 aromatic rings. The zero-order valence-corrected chi connectivity index (χ0v) is 18.3. The lowest BCUT2D eigenvalue weighted by Gasteiger charge is -2.22. The first-order valence-corrected chi connectivity index (χ1v) is 10.9. The van der Waals surface area contributed by atoms with Crippen molar-refractivity contribution in [3.63, 3.8) is 0 Å². The van der Waals surface area contributed by atoms with E-state index in [9.17, 15) is 0 Å². The summed E-state index contributed by atoms with van der Waals surface area (Å²) in [6.07, 6.45) is 11.7. The van der Waals surface area contributed by atoms with E-state index in [0.717, 1.165) is 11.1 Å². The number of nitrogens with zero attached hydrogens (tertiary/aromatic N) is 4. The first-order valence-electron chi connectivity index (χ1n) is 10.1. The Labute approximate surface area is 186 Å². The van der Waals surface area contributed by atoms with Gasteiger partial charge in [0.15, 0.2) is 0 Å². The first-order chi connectivity index (χ1) is 15.1. The summed E-state index contributed by atoms with van der Waals surface area (Å²) in [5.74, 6) is 0.279. The van der Waals surface area contributed by atoms with Crippen molar-refractivity contribution in [1.29, 1.82) is 0 Å². The van der Waals surface area contributed by atoms with Crippen LogP contribution in [0.15, 0.2) is 106 Å². The van der Waals surface area contributed by atoms with Gasteiger partial charge in [-0.25, -0.2) is 0 Å². The van der Waals surface area contributed by atoms with Gasteiger partial charge >= 0.3 is 11.4 Å². The molecule has 0 fully saturated rings. The molecule has 0 aliphatic heterocycles. The monoisotopic (exact) mass is 422 g/mol. The molecular formula is C26H22N4S. The molecule has 4 rings (SSSR count). The van der Waals surface area contributed by atoms with Crippen LogP contribution in [-0.2, 0) is 0 Å². The summed E-state index contributed by atoms with van der Waals surface area (Å²) < 4.78 is 0. The van der Waals surface area contributed by atoms with E-state index in [2.05, 4.69) is 84.1 Å². The molecule has 0 bridgehead atoms. The second-order valence-electron chi connectivity index (χ2n) is 7.68. The molecule has 0 radical (unpaired) electrons. The van der Waals surface area contributed by atoms with Crippen molar-refractivity contribution >= 4 is 23.2 Å². The molecule has 2 aliphatic carbocycles. The average molecular weight is 423 g/mol. The highest BCUT2D eigenvalue weighted by atomic mass is 32.2. The third kappa shape index (κ3) is 4.35. The maximum absolute atomic E-state index is 9.08. The first kappa shape index (κ1) is 20.8. The highest BCUT2D eigenvalue weighted by Crippen LogP contribution is 2.42.